The maximum Gasteiger partial charge on any atom is 0.240 e. The minimum absolute atomic E-state index is 0.295. The number of hydrogen-bond acceptors (Lipinski definition) is 3. The SMILES string of the molecule is CCN(C(=O)CN1C[C@H]2CNC[C@H]2C1)C1=CCCC1. The van der Waals surface area contributed by atoms with E-state index < -0.39 is 0 Å². The third kappa shape index (κ3) is 2.70. The number of carbonyl (C=O) groups is 1. The van der Waals surface area contributed by atoms with Gasteiger partial charge in [0.1, 0.15) is 0 Å². The van der Waals surface area contributed by atoms with Crippen LogP contribution in [0.3, 0.4) is 0 Å². The predicted molar refractivity (Wildman–Crippen MR) is 75.6 cm³/mol. The van der Waals surface area contributed by atoms with Gasteiger partial charge in [-0.2, -0.15) is 0 Å². The molecule has 106 valence electrons. The van der Waals surface area contributed by atoms with Crippen molar-refractivity contribution >= 4 is 5.91 Å². The number of nitrogens with zero attached hydrogens (tertiary/aromatic N) is 2. The topological polar surface area (TPSA) is 35.6 Å². The van der Waals surface area contributed by atoms with Gasteiger partial charge in [-0.25, -0.2) is 0 Å². The molecule has 0 radical (unpaired) electrons. The normalized spacial score (nSPS) is 30.5. The molecule has 0 spiro atoms. The second-order valence-corrected chi connectivity index (χ2v) is 6.10. The highest BCUT2D eigenvalue weighted by Gasteiger charge is 2.37. The van der Waals surface area contributed by atoms with Crippen molar-refractivity contribution in [3.8, 4) is 0 Å². The molecule has 0 aromatic carbocycles. The molecule has 0 aromatic heterocycles. The van der Waals surface area contributed by atoms with E-state index in [9.17, 15) is 4.79 Å². The van der Waals surface area contributed by atoms with E-state index >= 15 is 0 Å². The average Bonchev–Trinajstić information content (AvgIpc) is 3.05. The van der Waals surface area contributed by atoms with Crippen molar-refractivity contribution in [1.29, 1.82) is 0 Å². The van der Waals surface area contributed by atoms with Gasteiger partial charge in [-0.3, -0.25) is 9.69 Å². The van der Waals surface area contributed by atoms with Crippen LogP contribution in [0.1, 0.15) is 26.2 Å². The Labute approximate surface area is 115 Å². The molecule has 2 saturated heterocycles. The van der Waals surface area contributed by atoms with Crippen LogP contribution in [-0.2, 0) is 4.79 Å². The molecule has 1 amide bonds. The Hall–Kier alpha value is -0.870. The molecule has 4 nitrogen and oxygen atoms in total. The summed E-state index contributed by atoms with van der Waals surface area (Å²) in [6.07, 6.45) is 5.66. The Balaban J connectivity index is 1.55. The highest BCUT2D eigenvalue weighted by molar-refractivity contribution is 5.80. The number of likely N-dealkylation sites (tertiary alicyclic amines) is 1. The standard InChI is InChI=1S/C15H25N3O/c1-2-18(14-5-3-4-6-14)15(19)11-17-9-12-7-16-8-13(12)10-17/h5,12-13,16H,2-4,6-11H2,1H3/t12-,13+. The molecule has 19 heavy (non-hydrogen) atoms. The van der Waals surface area contributed by atoms with Crippen LogP contribution in [0.15, 0.2) is 11.8 Å². The third-order valence-corrected chi connectivity index (χ3v) is 4.80. The zero-order chi connectivity index (χ0) is 13.2. The van der Waals surface area contributed by atoms with Gasteiger partial charge in [-0.15, -0.1) is 0 Å². The molecule has 0 unspecified atom stereocenters. The number of carbonyl (C=O) groups excluding carboxylic acids is 1. The van der Waals surface area contributed by atoms with Crippen LogP contribution < -0.4 is 5.32 Å². The van der Waals surface area contributed by atoms with Gasteiger partial charge in [0.25, 0.3) is 0 Å². The Kier molecular flexibility index (Phi) is 3.89. The highest BCUT2D eigenvalue weighted by Crippen LogP contribution is 2.27. The zero-order valence-electron chi connectivity index (χ0n) is 11.9. The number of likely N-dealkylation sites (N-methyl/N-ethyl adjacent to an activating group) is 1. The monoisotopic (exact) mass is 263 g/mol. The zero-order valence-corrected chi connectivity index (χ0v) is 11.9. The minimum Gasteiger partial charge on any atom is -0.316 e. The predicted octanol–water partition coefficient (Wildman–Crippen LogP) is 1.05. The second-order valence-electron chi connectivity index (χ2n) is 6.10. The van der Waals surface area contributed by atoms with Gasteiger partial charge in [0.15, 0.2) is 0 Å². The van der Waals surface area contributed by atoms with Gasteiger partial charge in [-0.05, 0) is 51.1 Å². The molecular weight excluding hydrogens is 238 g/mol. The fourth-order valence-electron chi connectivity index (χ4n) is 3.80. The smallest absolute Gasteiger partial charge is 0.240 e. The van der Waals surface area contributed by atoms with Gasteiger partial charge in [-0.1, -0.05) is 6.08 Å². The fourth-order valence-corrected chi connectivity index (χ4v) is 3.80. The molecule has 2 heterocycles. The summed E-state index contributed by atoms with van der Waals surface area (Å²) in [5, 5.41) is 3.45. The number of nitrogens with one attached hydrogen (secondary N) is 1. The van der Waals surface area contributed by atoms with Crippen LogP contribution >= 0.6 is 0 Å². The van der Waals surface area contributed by atoms with E-state index in [4.69, 9.17) is 0 Å². The summed E-state index contributed by atoms with van der Waals surface area (Å²) < 4.78 is 0. The molecule has 4 heteroatoms. The summed E-state index contributed by atoms with van der Waals surface area (Å²) >= 11 is 0. The number of rotatable bonds is 4. The van der Waals surface area contributed by atoms with E-state index in [1.165, 1.54) is 12.1 Å². The number of fused-ring (bicyclic) bond motifs is 1. The lowest BCUT2D eigenvalue weighted by atomic mass is 10.0. The number of amides is 1. The van der Waals surface area contributed by atoms with Crippen molar-refractivity contribution < 1.29 is 4.79 Å². The molecule has 2 fully saturated rings. The average molecular weight is 263 g/mol. The largest absolute Gasteiger partial charge is 0.316 e. The van der Waals surface area contributed by atoms with Crippen molar-refractivity contribution in [1.82, 2.24) is 15.1 Å². The lowest BCUT2D eigenvalue weighted by molar-refractivity contribution is -0.130. The first-order valence-electron chi connectivity index (χ1n) is 7.70. The maximum absolute atomic E-state index is 12.5. The Morgan fingerprint density at radius 1 is 1.42 bits per heavy atom. The fraction of sp³-hybridized carbons (Fsp3) is 0.800. The summed E-state index contributed by atoms with van der Waals surface area (Å²) in [5.41, 5.74) is 1.26. The van der Waals surface area contributed by atoms with Crippen molar-refractivity contribution in [3.63, 3.8) is 0 Å². The van der Waals surface area contributed by atoms with Gasteiger partial charge < -0.3 is 10.2 Å². The van der Waals surface area contributed by atoms with Crippen LogP contribution in [-0.4, -0.2) is 55.0 Å². The van der Waals surface area contributed by atoms with E-state index in [1.807, 2.05) is 4.90 Å². The van der Waals surface area contributed by atoms with E-state index in [2.05, 4.69) is 23.2 Å². The first-order valence-corrected chi connectivity index (χ1v) is 7.70. The first-order chi connectivity index (χ1) is 9.28. The molecule has 0 bridgehead atoms. The molecule has 3 rings (SSSR count). The molecule has 1 N–H and O–H groups in total. The molecule has 0 saturated carbocycles. The van der Waals surface area contributed by atoms with Crippen molar-refractivity contribution in [2.75, 3.05) is 39.3 Å². The molecular formula is C15H25N3O. The van der Waals surface area contributed by atoms with E-state index in [0.717, 1.165) is 57.4 Å². The Bertz CT molecular complexity index is 368. The summed E-state index contributed by atoms with van der Waals surface area (Å²) in [4.78, 5) is 16.8. The van der Waals surface area contributed by atoms with E-state index in [1.54, 1.807) is 0 Å². The van der Waals surface area contributed by atoms with Gasteiger partial charge in [0, 0.05) is 25.3 Å². The maximum atomic E-state index is 12.5. The van der Waals surface area contributed by atoms with Crippen molar-refractivity contribution in [2.45, 2.75) is 26.2 Å². The van der Waals surface area contributed by atoms with Gasteiger partial charge in [0.05, 0.1) is 6.54 Å². The Morgan fingerprint density at radius 3 is 2.74 bits per heavy atom. The summed E-state index contributed by atoms with van der Waals surface area (Å²) in [6.45, 7) is 7.97. The lowest BCUT2D eigenvalue weighted by Crippen LogP contribution is -2.39. The number of allylic oxidation sites excluding steroid dienone is 2. The highest BCUT2D eigenvalue weighted by atomic mass is 16.2. The molecule has 2 atom stereocenters. The Morgan fingerprint density at radius 2 is 2.16 bits per heavy atom. The van der Waals surface area contributed by atoms with Gasteiger partial charge in [0.2, 0.25) is 5.91 Å². The molecule has 0 aromatic rings. The van der Waals surface area contributed by atoms with Crippen molar-refractivity contribution in [3.05, 3.63) is 11.8 Å². The summed E-state index contributed by atoms with van der Waals surface area (Å²) in [7, 11) is 0. The van der Waals surface area contributed by atoms with E-state index in [-0.39, 0.29) is 0 Å². The van der Waals surface area contributed by atoms with Crippen LogP contribution in [0.25, 0.3) is 0 Å². The van der Waals surface area contributed by atoms with Crippen LogP contribution in [0.4, 0.5) is 0 Å². The summed E-state index contributed by atoms with van der Waals surface area (Å²) in [6, 6.07) is 0. The molecule has 2 aliphatic heterocycles. The molecule has 1 aliphatic carbocycles. The van der Waals surface area contributed by atoms with Crippen LogP contribution in [0, 0.1) is 11.8 Å². The summed E-state index contributed by atoms with van der Waals surface area (Å²) in [5.74, 6) is 1.84. The lowest BCUT2D eigenvalue weighted by Gasteiger charge is -2.25. The minimum atomic E-state index is 0.295. The van der Waals surface area contributed by atoms with Crippen LogP contribution in [0.2, 0.25) is 0 Å². The third-order valence-electron chi connectivity index (χ3n) is 4.80. The first kappa shape index (κ1) is 13.1. The number of hydrogen-bond donors (Lipinski definition) is 1. The second kappa shape index (κ2) is 5.63. The van der Waals surface area contributed by atoms with Crippen molar-refractivity contribution in [2.24, 2.45) is 11.8 Å². The van der Waals surface area contributed by atoms with Crippen LogP contribution in [0.5, 0.6) is 0 Å². The van der Waals surface area contributed by atoms with E-state index in [0.29, 0.717) is 12.5 Å². The van der Waals surface area contributed by atoms with Gasteiger partial charge >= 0.3 is 0 Å². The quantitative estimate of drug-likeness (QED) is 0.823. The molecule has 3 aliphatic rings.